The molecule has 0 aromatic heterocycles. The molecule has 6 nitrogen and oxygen atoms in total. The smallest absolute Gasteiger partial charge is 0.260 e. The van der Waals surface area contributed by atoms with Crippen molar-refractivity contribution < 1.29 is 19.7 Å². The second-order valence-corrected chi connectivity index (χ2v) is 8.16. The van der Waals surface area contributed by atoms with Gasteiger partial charge in [-0.2, -0.15) is 0 Å². The number of anilines is 1. The molecule has 2 aromatic rings. The van der Waals surface area contributed by atoms with Crippen LogP contribution in [0.25, 0.3) is 11.3 Å². The Labute approximate surface area is 176 Å². The first kappa shape index (κ1) is 20.6. The minimum Gasteiger partial charge on any atom is -0.487 e. The number of carbonyl (C=O) groups excluding carboxylic acids is 1. The Morgan fingerprint density at radius 3 is 2.73 bits per heavy atom. The zero-order valence-electron chi connectivity index (χ0n) is 17.4. The van der Waals surface area contributed by atoms with E-state index in [0.29, 0.717) is 24.5 Å². The molecule has 0 saturated heterocycles. The first-order valence-corrected chi connectivity index (χ1v) is 10.4. The van der Waals surface area contributed by atoms with Crippen molar-refractivity contribution >= 4 is 22.9 Å². The molecule has 0 fully saturated rings. The molecule has 1 atom stereocenters. The topological polar surface area (TPSA) is 82.0 Å². The maximum absolute atomic E-state index is 12.6. The number of ether oxygens (including phenoxy) is 1. The molecule has 6 heteroatoms. The van der Waals surface area contributed by atoms with E-state index in [1.165, 1.54) is 5.56 Å². The molecule has 158 valence electrons. The SMILES string of the molecule is CC(C)N(CCc1ccc2c(c1)COC2=C1C(=O)Nc2ccccc21)C[C@H](O)CO. The van der Waals surface area contributed by atoms with Gasteiger partial charge in [-0.3, -0.25) is 9.69 Å². The number of para-hydroxylation sites is 1. The molecule has 30 heavy (non-hydrogen) atoms. The number of aliphatic hydroxyl groups is 2. The van der Waals surface area contributed by atoms with Gasteiger partial charge in [-0.1, -0.05) is 36.4 Å². The van der Waals surface area contributed by atoms with Crippen molar-refractivity contribution in [1.82, 2.24) is 4.90 Å². The summed E-state index contributed by atoms with van der Waals surface area (Å²) in [6, 6.07) is 14.2. The number of amides is 1. The lowest BCUT2D eigenvalue weighted by Gasteiger charge is -2.28. The van der Waals surface area contributed by atoms with Gasteiger partial charge in [-0.05, 0) is 31.9 Å². The van der Waals surface area contributed by atoms with Crippen molar-refractivity contribution in [2.24, 2.45) is 0 Å². The van der Waals surface area contributed by atoms with Gasteiger partial charge in [-0.15, -0.1) is 0 Å². The summed E-state index contributed by atoms with van der Waals surface area (Å²) in [5, 5.41) is 21.8. The fraction of sp³-hybridized carbons (Fsp3) is 0.375. The third-order valence-electron chi connectivity index (χ3n) is 5.76. The largest absolute Gasteiger partial charge is 0.487 e. The minimum absolute atomic E-state index is 0.127. The van der Waals surface area contributed by atoms with Crippen molar-refractivity contribution in [2.45, 2.75) is 39.0 Å². The molecule has 0 spiro atoms. The summed E-state index contributed by atoms with van der Waals surface area (Å²) in [5.41, 5.74) is 5.53. The van der Waals surface area contributed by atoms with E-state index in [4.69, 9.17) is 9.84 Å². The molecule has 0 unspecified atom stereocenters. The van der Waals surface area contributed by atoms with Crippen LogP contribution in [0.4, 0.5) is 5.69 Å². The van der Waals surface area contributed by atoms with Crippen LogP contribution in [0.2, 0.25) is 0 Å². The molecule has 0 saturated carbocycles. The first-order chi connectivity index (χ1) is 14.5. The van der Waals surface area contributed by atoms with Crippen LogP contribution in [0.15, 0.2) is 42.5 Å². The van der Waals surface area contributed by atoms with Crippen LogP contribution in [-0.2, 0) is 22.6 Å². The zero-order valence-corrected chi connectivity index (χ0v) is 17.4. The van der Waals surface area contributed by atoms with Crippen molar-refractivity contribution in [1.29, 1.82) is 0 Å². The Morgan fingerprint density at radius 1 is 1.17 bits per heavy atom. The van der Waals surface area contributed by atoms with Gasteiger partial charge < -0.3 is 20.3 Å². The van der Waals surface area contributed by atoms with Gasteiger partial charge in [0.1, 0.15) is 12.4 Å². The highest BCUT2D eigenvalue weighted by molar-refractivity contribution is 6.36. The Balaban J connectivity index is 1.54. The fourth-order valence-corrected chi connectivity index (χ4v) is 4.08. The molecule has 2 aliphatic rings. The molecule has 0 bridgehead atoms. The summed E-state index contributed by atoms with van der Waals surface area (Å²) in [7, 11) is 0. The lowest BCUT2D eigenvalue weighted by atomic mass is 9.98. The van der Waals surface area contributed by atoms with E-state index in [-0.39, 0.29) is 18.6 Å². The third-order valence-corrected chi connectivity index (χ3v) is 5.76. The normalized spacial score (nSPS) is 18.4. The number of hydrogen-bond donors (Lipinski definition) is 3. The van der Waals surface area contributed by atoms with Crippen molar-refractivity contribution in [3.8, 4) is 0 Å². The van der Waals surface area contributed by atoms with Crippen LogP contribution in [0.3, 0.4) is 0 Å². The lowest BCUT2D eigenvalue weighted by molar-refractivity contribution is -0.110. The number of benzene rings is 2. The Bertz CT molecular complexity index is 983. The maximum atomic E-state index is 12.6. The number of aliphatic hydroxyl groups excluding tert-OH is 2. The Kier molecular flexibility index (Phi) is 5.90. The molecule has 3 N–H and O–H groups in total. The highest BCUT2D eigenvalue weighted by atomic mass is 16.5. The van der Waals surface area contributed by atoms with Gasteiger partial charge in [0.25, 0.3) is 5.91 Å². The van der Waals surface area contributed by atoms with E-state index < -0.39 is 6.10 Å². The van der Waals surface area contributed by atoms with E-state index in [9.17, 15) is 9.90 Å². The van der Waals surface area contributed by atoms with Gasteiger partial charge in [0.15, 0.2) is 0 Å². The van der Waals surface area contributed by atoms with E-state index in [1.54, 1.807) is 0 Å². The summed E-state index contributed by atoms with van der Waals surface area (Å²) in [6.45, 7) is 5.64. The van der Waals surface area contributed by atoms with Crippen LogP contribution in [0.1, 0.15) is 36.1 Å². The van der Waals surface area contributed by atoms with Crippen molar-refractivity contribution in [3.05, 3.63) is 64.7 Å². The second-order valence-electron chi connectivity index (χ2n) is 8.16. The molecule has 1 amide bonds. The molecular formula is C24H28N2O4. The summed E-state index contributed by atoms with van der Waals surface area (Å²) >= 11 is 0. The van der Waals surface area contributed by atoms with Gasteiger partial charge in [-0.25, -0.2) is 0 Å². The van der Waals surface area contributed by atoms with Crippen molar-refractivity contribution in [3.63, 3.8) is 0 Å². The second kappa shape index (κ2) is 8.60. The fourth-order valence-electron chi connectivity index (χ4n) is 4.08. The predicted octanol–water partition coefficient (Wildman–Crippen LogP) is 2.64. The number of nitrogens with zero attached hydrogens (tertiary/aromatic N) is 1. The number of fused-ring (bicyclic) bond motifs is 2. The summed E-state index contributed by atoms with van der Waals surface area (Å²) in [4.78, 5) is 14.7. The van der Waals surface area contributed by atoms with Crippen LogP contribution < -0.4 is 5.32 Å². The standard InChI is InChI=1S/C24H28N2O4/c1-15(2)26(12-18(28)13-27)10-9-16-7-8-19-17(11-16)14-30-23(19)22-20-5-3-4-6-21(20)25-24(22)29/h3-8,11,15,18,27-28H,9-10,12-14H2,1-2H3,(H,25,29)/t18-/m0/s1. The highest BCUT2D eigenvalue weighted by Crippen LogP contribution is 2.41. The number of rotatable bonds is 7. The summed E-state index contributed by atoms with van der Waals surface area (Å²) in [5.74, 6) is 0.520. The van der Waals surface area contributed by atoms with Gasteiger partial charge >= 0.3 is 0 Å². The molecule has 2 aliphatic heterocycles. The van der Waals surface area contributed by atoms with Crippen LogP contribution in [0.5, 0.6) is 0 Å². The number of carbonyl (C=O) groups is 1. The molecule has 2 heterocycles. The average Bonchev–Trinajstić information content (AvgIpc) is 3.29. The summed E-state index contributed by atoms with van der Waals surface area (Å²) < 4.78 is 5.97. The van der Waals surface area contributed by atoms with Gasteiger partial charge in [0, 0.05) is 41.5 Å². The van der Waals surface area contributed by atoms with E-state index >= 15 is 0 Å². The van der Waals surface area contributed by atoms with Crippen LogP contribution in [-0.4, -0.2) is 52.9 Å². The highest BCUT2D eigenvalue weighted by Gasteiger charge is 2.32. The third kappa shape index (κ3) is 3.99. The van der Waals surface area contributed by atoms with Crippen LogP contribution in [0, 0.1) is 0 Å². The Hall–Kier alpha value is -2.67. The minimum atomic E-state index is -0.726. The number of hydrogen-bond acceptors (Lipinski definition) is 5. The van der Waals surface area contributed by atoms with E-state index in [2.05, 4.69) is 36.2 Å². The van der Waals surface area contributed by atoms with Gasteiger partial charge in [0.2, 0.25) is 0 Å². The maximum Gasteiger partial charge on any atom is 0.260 e. The first-order valence-electron chi connectivity index (χ1n) is 10.4. The zero-order chi connectivity index (χ0) is 21.3. The Morgan fingerprint density at radius 2 is 1.97 bits per heavy atom. The molecule has 4 rings (SSSR count). The average molecular weight is 408 g/mol. The molecular weight excluding hydrogens is 380 g/mol. The monoisotopic (exact) mass is 408 g/mol. The van der Waals surface area contributed by atoms with E-state index in [0.717, 1.165) is 35.3 Å². The van der Waals surface area contributed by atoms with E-state index in [1.807, 2.05) is 30.3 Å². The molecule has 0 radical (unpaired) electrons. The molecule has 2 aromatic carbocycles. The summed E-state index contributed by atoms with van der Waals surface area (Å²) in [6.07, 6.45) is 0.106. The quantitative estimate of drug-likeness (QED) is 0.614. The molecule has 0 aliphatic carbocycles. The van der Waals surface area contributed by atoms with Crippen molar-refractivity contribution in [2.75, 3.05) is 25.0 Å². The number of nitrogens with one attached hydrogen (secondary N) is 1. The lowest BCUT2D eigenvalue weighted by Crippen LogP contribution is -2.40. The van der Waals surface area contributed by atoms with Crippen LogP contribution >= 0.6 is 0 Å². The van der Waals surface area contributed by atoms with Gasteiger partial charge in [0.05, 0.1) is 18.3 Å². The predicted molar refractivity (Wildman–Crippen MR) is 117 cm³/mol.